The molecule has 6 heteroatoms. The molecule has 0 aromatic heterocycles. The van der Waals surface area contributed by atoms with Crippen LogP contribution in [0.15, 0.2) is 53.0 Å². The van der Waals surface area contributed by atoms with Gasteiger partial charge in [0.2, 0.25) is 11.8 Å². The first kappa shape index (κ1) is 17.5. The Hall–Kier alpha value is -1.85. The third-order valence-electron chi connectivity index (χ3n) is 3.08. The molecule has 120 valence electrons. The minimum absolute atomic E-state index is 0.201. The van der Waals surface area contributed by atoms with Crippen LogP contribution >= 0.6 is 27.5 Å². The lowest BCUT2D eigenvalue weighted by Crippen LogP contribution is -2.29. The van der Waals surface area contributed by atoms with Crippen molar-refractivity contribution in [2.45, 2.75) is 12.8 Å². The van der Waals surface area contributed by atoms with Crippen LogP contribution < -0.4 is 10.6 Å². The molecule has 0 heterocycles. The van der Waals surface area contributed by atoms with Crippen LogP contribution in [0.25, 0.3) is 0 Å². The zero-order valence-electron chi connectivity index (χ0n) is 12.3. The van der Waals surface area contributed by atoms with Gasteiger partial charge < -0.3 is 10.6 Å². The minimum atomic E-state index is -0.341. The minimum Gasteiger partial charge on any atom is -0.355 e. The monoisotopic (exact) mass is 394 g/mol. The van der Waals surface area contributed by atoms with E-state index in [9.17, 15) is 9.59 Å². The molecule has 2 amide bonds. The molecule has 0 aliphatic rings. The molecule has 0 aliphatic heterocycles. The van der Waals surface area contributed by atoms with Gasteiger partial charge in [-0.1, -0.05) is 45.7 Å². The van der Waals surface area contributed by atoms with Gasteiger partial charge in [0.25, 0.3) is 0 Å². The summed E-state index contributed by atoms with van der Waals surface area (Å²) in [5.74, 6) is -0.640. The van der Waals surface area contributed by atoms with E-state index in [1.807, 2.05) is 36.4 Å². The molecule has 2 rings (SSSR count). The lowest BCUT2D eigenvalue weighted by molar-refractivity contribution is -0.126. The summed E-state index contributed by atoms with van der Waals surface area (Å²) in [5, 5.41) is 6.10. The molecule has 0 unspecified atom stereocenters. The number of anilines is 1. The number of hydrogen-bond donors (Lipinski definition) is 2. The van der Waals surface area contributed by atoms with Crippen molar-refractivity contribution in [1.29, 1.82) is 0 Å². The van der Waals surface area contributed by atoms with Crippen molar-refractivity contribution in [1.82, 2.24) is 5.32 Å². The largest absolute Gasteiger partial charge is 0.355 e. The Labute approximate surface area is 148 Å². The predicted octanol–water partition coefficient (Wildman–Crippen LogP) is 3.79. The normalized spacial score (nSPS) is 10.2. The maximum Gasteiger partial charge on any atom is 0.233 e. The fraction of sp³-hybridized carbons (Fsp3) is 0.176. The number of nitrogens with one attached hydrogen (secondary N) is 2. The topological polar surface area (TPSA) is 58.2 Å². The van der Waals surface area contributed by atoms with Crippen molar-refractivity contribution in [3.05, 3.63) is 63.6 Å². The van der Waals surface area contributed by atoms with Crippen LogP contribution in [0.4, 0.5) is 5.69 Å². The van der Waals surface area contributed by atoms with Crippen molar-refractivity contribution < 1.29 is 9.59 Å². The fourth-order valence-corrected chi connectivity index (χ4v) is 2.50. The smallest absolute Gasteiger partial charge is 0.233 e. The number of carbonyl (C=O) groups is 2. The van der Waals surface area contributed by atoms with Gasteiger partial charge in [0.1, 0.15) is 6.42 Å². The molecule has 0 spiro atoms. The standard InChI is InChI=1S/C17H16BrClN2O2/c18-13-2-1-3-15(10-13)21-17(23)11-16(22)20-9-8-12-4-6-14(19)7-5-12/h1-7,10H,8-9,11H2,(H,20,22)(H,21,23). The predicted molar refractivity (Wildman–Crippen MR) is 95.6 cm³/mol. The van der Waals surface area contributed by atoms with E-state index in [1.54, 1.807) is 12.1 Å². The van der Waals surface area contributed by atoms with Gasteiger partial charge in [-0.3, -0.25) is 9.59 Å². The molecule has 0 fully saturated rings. The molecular formula is C17H16BrClN2O2. The fourth-order valence-electron chi connectivity index (χ4n) is 1.98. The molecular weight excluding hydrogens is 380 g/mol. The summed E-state index contributed by atoms with van der Waals surface area (Å²) >= 11 is 9.14. The highest BCUT2D eigenvalue weighted by molar-refractivity contribution is 9.10. The van der Waals surface area contributed by atoms with Gasteiger partial charge in [-0.25, -0.2) is 0 Å². The van der Waals surface area contributed by atoms with Crippen molar-refractivity contribution in [3.8, 4) is 0 Å². The zero-order chi connectivity index (χ0) is 16.7. The second-order valence-corrected chi connectivity index (χ2v) is 6.31. The summed E-state index contributed by atoms with van der Waals surface area (Å²) in [4.78, 5) is 23.6. The average Bonchev–Trinajstić information content (AvgIpc) is 2.49. The van der Waals surface area contributed by atoms with Gasteiger partial charge in [0.05, 0.1) is 0 Å². The Kier molecular flexibility index (Phi) is 6.62. The second kappa shape index (κ2) is 8.70. The second-order valence-electron chi connectivity index (χ2n) is 4.96. The molecule has 0 aliphatic carbocycles. The quantitative estimate of drug-likeness (QED) is 0.731. The van der Waals surface area contributed by atoms with E-state index in [1.165, 1.54) is 0 Å². The van der Waals surface area contributed by atoms with Crippen molar-refractivity contribution in [2.75, 3.05) is 11.9 Å². The maximum absolute atomic E-state index is 11.8. The Morgan fingerprint density at radius 2 is 1.78 bits per heavy atom. The van der Waals surface area contributed by atoms with Crippen LogP contribution in [0, 0.1) is 0 Å². The maximum atomic E-state index is 11.8. The van der Waals surface area contributed by atoms with Gasteiger partial charge in [-0.05, 0) is 42.3 Å². The SMILES string of the molecule is O=C(CC(=O)Nc1cccc(Br)c1)NCCc1ccc(Cl)cc1. The van der Waals surface area contributed by atoms with Crippen LogP contribution in [-0.4, -0.2) is 18.4 Å². The van der Waals surface area contributed by atoms with Crippen LogP contribution in [0.2, 0.25) is 5.02 Å². The number of benzene rings is 2. The van der Waals surface area contributed by atoms with Crippen LogP contribution in [0.3, 0.4) is 0 Å². The summed E-state index contributed by atoms with van der Waals surface area (Å²) in [6, 6.07) is 14.7. The Bertz CT molecular complexity index is 689. The van der Waals surface area contributed by atoms with E-state index >= 15 is 0 Å². The summed E-state index contributed by atoms with van der Waals surface area (Å²) in [6.07, 6.45) is 0.489. The van der Waals surface area contributed by atoms with Gasteiger partial charge >= 0.3 is 0 Å². The van der Waals surface area contributed by atoms with E-state index in [0.29, 0.717) is 23.7 Å². The molecule has 0 atom stereocenters. The third-order valence-corrected chi connectivity index (χ3v) is 3.82. The van der Waals surface area contributed by atoms with Gasteiger partial charge in [-0.2, -0.15) is 0 Å². The van der Waals surface area contributed by atoms with Crippen LogP contribution in [0.1, 0.15) is 12.0 Å². The molecule has 0 saturated heterocycles. The highest BCUT2D eigenvalue weighted by Crippen LogP contribution is 2.15. The molecule has 23 heavy (non-hydrogen) atoms. The summed E-state index contributed by atoms with van der Waals surface area (Å²) < 4.78 is 0.864. The Balaban J connectivity index is 1.71. The van der Waals surface area contributed by atoms with E-state index in [4.69, 9.17) is 11.6 Å². The van der Waals surface area contributed by atoms with E-state index in [0.717, 1.165) is 10.0 Å². The molecule has 2 aromatic rings. The van der Waals surface area contributed by atoms with E-state index < -0.39 is 0 Å². The number of carbonyl (C=O) groups excluding carboxylic acids is 2. The molecule has 0 bridgehead atoms. The van der Waals surface area contributed by atoms with Gasteiger partial charge in [0, 0.05) is 21.7 Å². The van der Waals surface area contributed by atoms with Crippen LogP contribution in [-0.2, 0) is 16.0 Å². The van der Waals surface area contributed by atoms with Crippen molar-refractivity contribution in [3.63, 3.8) is 0 Å². The van der Waals surface area contributed by atoms with Gasteiger partial charge in [0.15, 0.2) is 0 Å². The van der Waals surface area contributed by atoms with E-state index in [-0.39, 0.29) is 18.2 Å². The first-order valence-electron chi connectivity index (χ1n) is 7.09. The molecule has 4 nitrogen and oxygen atoms in total. The lowest BCUT2D eigenvalue weighted by atomic mass is 10.1. The average molecular weight is 396 g/mol. The number of halogens is 2. The highest BCUT2D eigenvalue weighted by atomic mass is 79.9. The first-order valence-corrected chi connectivity index (χ1v) is 8.26. The Morgan fingerprint density at radius 3 is 2.48 bits per heavy atom. The first-order chi connectivity index (χ1) is 11.0. The van der Waals surface area contributed by atoms with Crippen LogP contribution in [0.5, 0.6) is 0 Å². The molecule has 0 saturated carbocycles. The Morgan fingerprint density at radius 1 is 1.04 bits per heavy atom. The highest BCUT2D eigenvalue weighted by Gasteiger charge is 2.09. The summed E-state index contributed by atoms with van der Waals surface area (Å²) in [6.45, 7) is 0.477. The summed E-state index contributed by atoms with van der Waals surface area (Å²) in [5.41, 5.74) is 1.73. The van der Waals surface area contributed by atoms with Gasteiger partial charge in [-0.15, -0.1) is 0 Å². The van der Waals surface area contributed by atoms with E-state index in [2.05, 4.69) is 26.6 Å². The zero-order valence-corrected chi connectivity index (χ0v) is 14.7. The van der Waals surface area contributed by atoms with Crippen molar-refractivity contribution >= 4 is 45.0 Å². The summed E-state index contributed by atoms with van der Waals surface area (Å²) in [7, 11) is 0. The molecule has 2 aromatic carbocycles. The number of amides is 2. The molecule has 2 N–H and O–H groups in total. The number of hydrogen-bond acceptors (Lipinski definition) is 2. The molecule has 0 radical (unpaired) electrons. The third kappa shape index (κ3) is 6.42. The van der Waals surface area contributed by atoms with Crippen molar-refractivity contribution in [2.24, 2.45) is 0 Å². The lowest BCUT2D eigenvalue weighted by Gasteiger charge is -2.07. The number of rotatable bonds is 6.